The SMILES string of the molecule is C=C(OCc1ccc(C(=N/C(=C\C)C(F)(F)F)C(C)CC)cc1)\C(C)=C/N=C(CC)\C(C(=C)C1CC1)=C(\N=C/CC)OC. The molecule has 234 valence electrons. The van der Waals surface area contributed by atoms with Crippen LogP contribution in [0.25, 0.3) is 0 Å². The van der Waals surface area contributed by atoms with Gasteiger partial charge in [0.25, 0.3) is 0 Å². The summed E-state index contributed by atoms with van der Waals surface area (Å²) in [4.78, 5) is 13.3. The zero-order valence-corrected chi connectivity index (χ0v) is 26.6. The average molecular weight is 598 g/mol. The summed E-state index contributed by atoms with van der Waals surface area (Å²) in [7, 11) is 1.61. The van der Waals surface area contributed by atoms with E-state index < -0.39 is 11.9 Å². The number of alkyl halides is 3. The van der Waals surface area contributed by atoms with Crippen LogP contribution in [-0.4, -0.2) is 30.9 Å². The lowest BCUT2D eigenvalue weighted by atomic mass is 9.95. The highest BCUT2D eigenvalue weighted by Gasteiger charge is 2.34. The number of hydrogen-bond acceptors (Lipinski definition) is 5. The van der Waals surface area contributed by atoms with Crippen LogP contribution in [0.2, 0.25) is 0 Å². The lowest BCUT2D eigenvalue weighted by Gasteiger charge is -2.16. The molecule has 1 fully saturated rings. The maximum Gasteiger partial charge on any atom is 0.433 e. The molecule has 0 heterocycles. The van der Waals surface area contributed by atoms with Crippen LogP contribution in [0.3, 0.4) is 0 Å². The number of rotatable bonds is 16. The number of aliphatic imine (C=N–C) groups is 3. The highest BCUT2D eigenvalue weighted by atomic mass is 19.4. The minimum atomic E-state index is -4.51. The Morgan fingerprint density at radius 1 is 1.12 bits per heavy atom. The summed E-state index contributed by atoms with van der Waals surface area (Å²) in [5.74, 6) is 1.27. The summed E-state index contributed by atoms with van der Waals surface area (Å²) in [5, 5.41) is 0. The molecule has 0 bridgehead atoms. The predicted molar refractivity (Wildman–Crippen MR) is 172 cm³/mol. The van der Waals surface area contributed by atoms with Gasteiger partial charge in [-0.3, -0.25) is 4.99 Å². The lowest BCUT2D eigenvalue weighted by molar-refractivity contribution is -0.0924. The van der Waals surface area contributed by atoms with Gasteiger partial charge in [-0.05, 0) is 74.5 Å². The Morgan fingerprint density at radius 2 is 1.77 bits per heavy atom. The molecule has 1 saturated carbocycles. The quantitative estimate of drug-likeness (QED) is 0.108. The number of nitrogens with zero attached hydrogens (tertiary/aromatic N) is 3. The lowest BCUT2D eigenvalue weighted by Crippen LogP contribution is -2.17. The van der Waals surface area contributed by atoms with Crippen LogP contribution in [0.1, 0.15) is 84.8 Å². The molecule has 1 unspecified atom stereocenters. The Labute approximate surface area is 255 Å². The first-order valence-electron chi connectivity index (χ1n) is 14.9. The van der Waals surface area contributed by atoms with E-state index in [-0.39, 0.29) is 12.5 Å². The number of methoxy groups -OCH3 is 1. The van der Waals surface area contributed by atoms with Gasteiger partial charge in [0, 0.05) is 18.0 Å². The van der Waals surface area contributed by atoms with E-state index in [2.05, 4.69) is 23.1 Å². The van der Waals surface area contributed by atoms with Crippen LogP contribution in [0.5, 0.6) is 0 Å². The maximum absolute atomic E-state index is 13.4. The Kier molecular flexibility index (Phi) is 13.9. The van der Waals surface area contributed by atoms with Gasteiger partial charge < -0.3 is 9.47 Å². The van der Waals surface area contributed by atoms with E-state index in [0.717, 1.165) is 53.3 Å². The third-order valence-corrected chi connectivity index (χ3v) is 7.21. The fraction of sp³-hybridized carbons (Fsp3) is 0.457. The van der Waals surface area contributed by atoms with E-state index in [9.17, 15) is 13.2 Å². The topological polar surface area (TPSA) is 55.5 Å². The van der Waals surface area contributed by atoms with Crippen molar-refractivity contribution in [2.75, 3.05) is 7.11 Å². The van der Waals surface area contributed by atoms with Gasteiger partial charge in [-0.2, -0.15) is 13.2 Å². The fourth-order valence-corrected chi connectivity index (χ4v) is 4.18. The van der Waals surface area contributed by atoms with Crippen LogP contribution < -0.4 is 0 Å². The summed E-state index contributed by atoms with van der Waals surface area (Å²) >= 11 is 0. The number of halogens is 3. The first-order valence-corrected chi connectivity index (χ1v) is 14.9. The molecule has 0 aliphatic heterocycles. The number of hydrogen-bond donors (Lipinski definition) is 0. The number of benzene rings is 1. The summed E-state index contributed by atoms with van der Waals surface area (Å²) < 4.78 is 51.7. The maximum atomic E-state index is 13.4. The molecule has 1 aromatic carbocycles. The van der Waals surface area contributed by atoms with Crippen LogP contribution in [0, 0.1) is 11.8 Å². The van der Waals surface area contributed by atoms with Crippen molar-refractivity contribution in [3.8, 4) is 0 Å². The normalized spacial score (nSPS) is 16.7. The van der Waals surface area contributed by atoms with Gasteiger partial charge >= 0.3 is 6.18 Å². The van der Waals surface area contributed by atoms with E-state index in [1.165, 1.54) is 6.92 Å². The smallest absolute Gasteiger partial charge is 0.433 e. The van der Waals surface area contributed by atoms with Crippen LogP contribution in [-0.2, 0) is 16.1 Å². The van der Waals surface area contributed by atoms with E-state index in [1.54, 1.807) is 25.4 Å². The van der Waals surface area contributed by atoms with Crippen molar-refractivity contribution in [1.29, 1.82) is 0 Å². The summed E-state index contributed by atoms with van der Waals surface area (Å²) in [6, 6.07) is 7.23. The van der Waals surface area contributed by atoms with E-state index in [0.29, 0.717) is 41.7 Å². The van der Waals surface area contributed by atoms with Gasteiger partial charge in [-0.25, -0.2) is 9.98 Å². The molecule has 0 N–H and O–H groups in total. The summed E-state index contributed by atoms with van der Waals surface area (Å²) in [6.07, 6.45) is 4.36. The van der Waals surface area contributed by atoms with Gasteiger partial charge in [0.05, 0.1) is 24.1 Å². The Balaban J connectivity index is 2.22. The molecule has 43 heavy (non-hydrogen) atoms. The largest absolute Gasteiger partial charge is 0.489 e. The summed E-state index contributed by atoms with van der Waals surface area (Å²) in [6.45, 7) is 19.7. The standard InChI is InChI=1S/C35H46F3N3O2/c1-10-20-39-34(42-9)32(25(7)28-18-19-28)30(12-3)40-21-24(6)26(8)43-22-27-14-16-29(17-15-27)33(23(5)11-2)41-31(13-4)35(36,37)38/h13-17,20-21,23,28H,7-8,10-12,18-19,22H2,1-6,9H3/b24-21-,31-13-,34-32-,39-20-,40-30-,41-33?. The first kappa shape index (κ1) is 35.5. The molecule has 2 rings (SSSR count). The second kappa shape index (κ2) is 16.8. The van der Waals surface area contributed by atoms with Crippen LogP contribution in [0.4, 0.5) is 13.2 Å². The number of ether oxygens (including phenoxy) is 2. The second-order valence-electron chi connectivity index (χ2n) is 10.5. The Hall–Kier alpha value is -3.68. The third kappa shape index (κ3) is 10.5. The monoisotopic (exact) mass is 597 g/mol. The molecular formula is C35H46F3N3O2. The minimum Gasteiger partial charge on any atom is -0.489 e. The zero-order valence-electron chi connectivity index (χ0n) is 26.6. The zero-order chi connectivity index (χ0) is 32.2. The van der Waals surface area contributed by atoms with Gasteiger partial charge in [0.2, 0.25) is 5.88 Å². The van der Waals surface area contributed by atoms with Gasteiger partial charge in [-0.15, -0.1) is 0 Å². The van der Waals surface area contributed by atoms with Crippen molar-refractivity contribution in [2.24, 2.45) is 26.8 Å². The summed E-state index contributed by atoms with van der Waals surface area (Å²) in [5.41, 5.74) is 4.44. The molecule has 1 aliphatic carbocycles. The highest BCUT2D eigenvalue weighted by Crippen LogP contribution is 2.41. The molecule has 0 spiro atoms. The molecule has 1 atom stereocenters. The van der Waals surface area contributed by atoms with E-state index in [4.69, 9.17) is 14.5 Å². The van der Waals surface area contributed by atoms with Gasteiger partial charge in [0.1, 0.15) is 18.1 Å². The van der Waals surface area contributed by atoms with Crippen molar-refractivity contribution in [2.45, 2.75) is 86.4 Å². The fourth-order valence-electron chi connectivity index (χ4n) is 4.18. The van der Waals surface area contributed by atoms with Crippen molar-refractivity contribution in [3.05, 3.63) is 94.9 Å². The molecule has 0 amide bonds. The Bertz CT molecular complexity index is 1310. The second-order valence-corrected chi connectivity index (χ2v) is 10.5. The van der Waals surface area contributed by atoms with Crippen LogP contribution in [0.15, 0.2) is 98.7 Å². The van der Waals surface area contributed by atoms with Crippen molar-refractivity contribution in [3.63, 3.8) is 0 Å². The molecule has 1 aliphatic rings. The molecular weight excluding hydrogens is 551 g/mol. The number of allylic oxidation sites excluding steroid dienone is 5. The van der Waals surface area contributed by atoms with E-state index in [1.807, 2.05) is 53.0 Å². The van der Waals surface area contributed by atoms with Crippen molar-refractivity contribution < 1.29 is 22.6 Å². The van der Waals surface area contributed by atoms with Crippen molar-refractivity contribution in [1.82, 2.24) is 0 Å². The molecule has 8 heteroatoms. The molecule has 0 saturated heterocycles. The van der Waals surface area contributed by atoms with Crippen molar-refractivity contribution >= 4 is 17.6 Å². The predicted octanol–water partition coefficient (Wildman–Crippen LogP) is 10.1. The van der Waals surface area contributed by atoms with Crippen LogP contribution >= 0.6 is 0 Å². The van der Waals surface area contributed by atoms with E-state index >= 15 is 0 Å². The Morgan fingerprint density at radius 3 is 2.26 bits per heavy atom. The molecule has 0 radical (unpaired) electrons. The molecule has 1 aromatic rings. The average Bonchev–Trinajstić information content (AvgIpc) is 3.84. The van der Waals surface area contributed by atoms with Gasteiger partial charge in [0.15, 0.2) is 0 Å². The molecule has 0 aromatic heterocycles. The van der Waals surface area contributed by atoms with Gasteiger partial charge in [-0.1, -0.05) is 71.2 Å². The first-order chi connectivity index (χ1) is 20.4. The minimum absolute atomic E-state index is 0.143. The highest BCUT2D eigenvalue weighted by molar-refractivity contribution is 6.05. The third-order valence-electron chi connectivity index (χ3n) is 7.21. The molecule has 5 nitrogen and oxygen atoms in total.